The molecule has 23 heavy (non-hydrogen) atoms. The second-order valence-electron chi connectivity index (χ2n) is 5.61. The third kappa shape index (κ3) is 4.12. The van der Waals surface area contributed by atoms with Gasteiger partial charge in [-0.25, -0.2) is 0 Å². The normalized spacial score (nSPS) is 17.5. The zero-order valence-electron chi connectivity index (χ0n) is 12.5. The second-order valence-corrected chi connectivity index (χ2v) is 6.82. The SMILES string of the molecule is O=C(NC1CC(=O)N(CCc2cccc(Cl)c2)C1)c1ccsc1. The largest absolute Gasteiger partial charge is 0.347 e. The maximum atomic E-state index is 12.1. The molecule has 1 fully saturated rings. The highest BCUT2D eigenvalue weighted by Crippen LogP contribution is 2.16. The van der Waals surface area contributed by atoms with Crippen LogP contribution in [-0.4, -0.2) is 35.8 Å². The van der Waals surface area contributed by atoms with Crippen molar-refractivity contribution in [2.75, 3.05) is 13.1 Å². The summed E-state index contributed by atoms with van der Waals surface area (Å²) in [6.07, 6.45) is 1.13. The first-order valence-corrected chi connectivity index (χ1v) is 8.79. The molecule has 1 aromatic heterocycles. The molecule has 120 valence electrons. The molecule has 1 unspecified atom stereocenters. The van der Waals surface area contributed by atoms with Crippen molar-refractivity contribution in [1.29, 1.82) is 0 Å². The van der Waals surface area contributed by atoms with Gasteiger partial charge in [-0.3, -0.25) is 9.59 Å². The van der Waals surface area contributed by atoms with Crippen molar-refractivity contribution in [2.24, 2.45) is 0 Å². The van der Waals surface area contributed by atoms with Crippen LogP contribution in [0.1, 0.15) is 22.3 Å². The lowest BCUT2D eigenvalue weighted by Crippen LogP contribution is -2.37. The van der Waals surface area contributed by atoms with Crippen molar-refractivity contribution in [1.82, 2.24) is 10.2 Å². The molecule has 0 aliphatic carbocycles. The molecule has 0 saturated carbocycles. The Morgan fingerprint density at radius 2 is 2.26 bits per heavy atom. The quantitative estimate of drug-likeness (QED) is 0.903. The standard InChI is InChI=1S/C17H17ClN2O2S/c18-14-3-1-2-12(8-14)4-6-20-10-15(9-16(20)21)19-17(22)13-5-7-23-11-13/h1-3,5,7-8,11,15H,4,6,9-10H2,(H,19,22). The molecule has 1 saturated heterocycles. The minimum absolute atomic E-state index is 0.0858. The van der Waals surface area contributed by atoms with Crippen LogP contribution < -0.4 is 5.32 Å². The first kappa shape index (κ1) is 16.0. The minimum Gasteiger partial charge on any atom is -0.347 e. The lowest BCUT2D eigenvalue weighted by molar-refractivity contribution is -0.127. The Bertz CT molecular complexity index is 702. The van der Waals surface area contributed by atoms with Gasteiger partial charge < -0.3 is 10.2 Å². The maximum absolute atomic E-state index is 12.1. The topological polar surface area (TPSA) is 49.4 Å². The summed E-state index contributed by atoms with van der Waals surface area (Å²) in [5.41, 5.74) is 1.76. The Balaban J connectivity index is 1.52. The molecule has 2 aromatic rings. The van der Waals surface area contributed by atoms with Gasteiger partial charge >= 0.3 is 0 Å². The first-order valence-electron chi connectivity index (χ1n) is 7.47. The highest BCUT2D eigenvalue weighted by molar-refractivity contribution is 7.08. The van der Waals surface area contributed by atoms with Crippen LogP contribution in [0.2, 0.25) is 5.02 Å². The summed E-state index contributed by atoms with van der Waals surface area (Å²) in [5.74, 6) is -0.0246. The number of nitrogens with zero attached hydrogens (tertiary/aromatic N) is 1. The third-order valence-electron chi connectivity index (χ3n) is 3.89. The van der Waals surface area contributed by atoms with E-state index in [0.717, 1.165) is 12.0 Å². The lowest BCUT2D eigenvalue weighted by atomic mass is 10.1. The molecule has 1 N–H and O–H groups in total. The van der Waals surface area contributed by atoms with E-state index < -0.39 is 0 Å². The molecule has 0 radical (unpaired) electrons. The highest BCUT2D eigenvalue weighted by atomic mass is 35.5. The summed E-state index contributed by atoms with van der Waals surface area (Å²) in [5, 5.41) is 7.31. The molecule has 2 heterocycles. The van der Waals surface area contributed by atoms with Gasteiger partial charge in [-0.15, -0.1) is 0 Å². The number of thiophene rings is 1. The van der Waals surface area contributed by atoms with Crippen LogP contribution in [0, 0.1) is 0 Å². The predicted octanol–water partition coefficient (Wildman–Crippen LogP) is 2.97. The molecule has 2 amide bonds. The van der Waals surface area contributed by atoms with E-state index in [9.17, 15) is 9.59 Å². The van der Waals surface area contributed by atoms with Gasteiger partial charge in [0.1, 0.15) is 0 Å². The summed E-state index contributed by atoms with van der Waals surface area (Å²) in [6, 6.07) is 9.33. The summed E-state index contributed by atoms with van der Waals surface area (Å²) in [6.45, 7) is 1.21. The number of nitrogens with one attached hydrogen (secondary N) is 1. The number of hydrogen-bond acceptors (Lipinski definition) is 3. The van der Waals surface area contributed by atoms with Crippen LogP contribution in [0.4, 0.5) is 0 Å². The molecule has 1 aliphatic rings. The van der Waals surface area contributed by atoms with Crippen LogP contribution in [0.5, 0.6) is 0 Å². The second kappa shape index (κ2) is 7.15. The zero-order chi connectivity index (χ0) is 16.2. The molecule has 4 nitrogen and oxygen atoms in total. The van der Waals surface area contributed by atoms with E-state index in [1.165, 1.54) is 11.3 Å². The Kier molecular flexibility index (Phi) is 4.98. The van der Waals surface area contributed by atoms with Crippen LogP contribution in [0.25, 0.3) is 0 Å². The smallest absolute Gasteiger partial charge is 0.252 e. The van der Waals surface area contributed by atoms with Gasteiger partial charge in [-0.2, -0.15) is 11.3 Å². The fourth-order valence-electron chi connectivity index (χ4n) is 2.70. The maximum Gasteiger partial charge on any atom is 0.252 e. The zero-order valence-corrected chi connectivity index (χ0v) is 14.1. The number of carbonyl (C=O) groups is 2. The Hall–Kier alpha value is -1.85. The van der Waals surface area contributed by atoms with Crippen LogP contribution in [0.15, 0.2) is 41.1 Å². The number of benzene rings is 1. The molecule has 1 aromatic carbocycles. The van der Waals surface area contributed by atoms with Crippen molar-refractivity contribution < 1.29 is 9.59 Å². The van der Waals surface area contributed by atoms with Crippen molar-refractivity contribution in [3.8, 4) is 0 Å². The monoisotopic (exact) mass is 348 g/mol. The van der Waals surface area contributed by atoms with Gasteiger partial charge in [0.25, 0.3) is 5.91 Å². The van der Waals surface area contributed by atoms with E-state index in [4.69, 9.17) is 11.6 Å². The summed E-state index contributed by atoms with van der Waals surface area (Å²) < 4.78 is 0. The predicted molar refractivity (Wildman–Crippen MR) is 91.9 cm³/mol. The fourth-order valence-corrected chi connectivity index (χ4v) is 3.55. The average Bonchev–Trinajstić information content (AvgIpc) is 3.15. The Morgan fingerprint density at radius 3 is 3.00 bits per heavy atom. The molecule has 6 heteroatoms. The van der Waals surface area contributed by atoms with Crippen LogP contribution in [0.3, 0.4) is 0 Å². The van der Waals surface area contributed by atoms with Gasteiger partial charge in [0.05, 0.1) is 6.04 Å². The highest BCUT2D eigenvalue weighted by Gasteiger charge is 2.30. The number of carbonyl (C=O) groups excluding carboxylic acids is 2. The Labute approximate surface area is 144 Å². The van der Waals surface area contributed by atoms with Gasteiger partial charge in [0, 0.05) is 35.5 Å². The van der Waals surface area contributed by atoms with Crippen LogP contribution >= 0.6 is 22.9 Å². The first-order chi connectivity index (χ1) is 11.1. The Morgan fingerprint density at radius 1 is 1.39 bits per heavy atom. The lowest BCUT2D eigenvalue weighted by Gasteiger charge is -2.17. The summed E-state index contributed by atoms with van der Waals surface area (Å²) in [7, 11) is 0. The molecule has 1 atom stereocenters. The third-order valence-corrected chi connectivity index (χ3v) is 4.81. The van der Waals surface area contributed by atoms with E-state index in [1.54, 1.807) is 11.0 Å². The van der Waals surface area contributed by atoms with E-state index in [0.29, 0.717) is 30.1 Å². The van der Waals surface area contributed by atoms with E-state index in [2.05, 4.69) is 5.32 Å². The molecular weight excluding hydrogens is 332 g/mol. The van der Waals surface area contributed by atoms with E-state index in [1.807, 2.05) is 35.0 Å². The summed E-state index contributed by atoms with van der Waals surface area (Å²) in [4.78, 5) is 25.9. The van der Waals surface area contributed by atoms with Gasteiger partial charge in [-0.1, -0.05) is 23.7 Å². The molecule has 0 bridgehead atoms. The van der Waals surface area contributed by atoms with Crippen molar-refractivity contribution in [2.45, 2.75) is 18.9 Å². The fraction of sp³-hybridized carbons (Fsp3) is 0.294. The van der Waals surface area contributed by atoms with Crippen molar-refractivity contribution in [3.05, 3.63) is 57.2 Å². The van der Waals surface area contributed by atoms with Gasteiger partial charge in [-0.05, 0) is 35.6 Å². The number of likely N-dealkylation sites (tertiary alicyclic amines) is 1. The van der Waals surface area contributed by atoms with Gasteiger partial charge in [0.2, 0.25) is 5.91 Å². The van der Waals surface area contributed by atoms with Crippen molar-refractivity contribution in [3.63, 3.8) is 0 Å². The number of hydrogen-bond donors (Lipinski definition) is 1. The van der Waals surface area contributed by atoms with E-state index in [-0.39, 0.29) is 17.9 Å². The average molecular weight is 349 g/mol. The number of halogens is 1. The number of rotatable bonds is 5. The minimum atomic E-state index is -0.116. The van der Waals surface area contributed by atoms with Crippen molar-refractivity contribution >= 4 is 34.8 Å². The molecular formula is C17H17ClN2O2S. The molecule has 1 aliphatic heterocycles. The van der Waals surface area contributed by atoms with E-state index >= 15 is 0 Å². The number of amides is 2. The summed E-state index contributed by atoms with van der Waals surface area (Å²) >= 11 is 7.46. The van der Waals surface area contributed by atoms with Gasteiger partial charge in [0.15, 0.2) is 0 Å². The van der Waals surface area contributed by atoms with Crippen LogP contribution in [-0.2, 0) is 11.2 Å². The molecule has 3 rings (SSSR count). The molecule has 0 spiro atoms.